The summed E-state index contributed by atoms with van der Waals surface area (Å²) in [6.45, 7) is 4.12. The fraction of sp³-hybridized carbons (Fsp3) is 0.136. The number of benzene rings is 2. The van der Waals surface area contributed by atoms with E-state index in [1.165, 1.54) is 0 Å². The minimum absolute atomic E-state index is 0.0302. The van der Waals surface area contributed by atoms with Gasteiger partial charge in [-0.1, -0.05) is 48.3 Å². The summed E-state index contributed by atoms with van der Waals surface area (Å²) in [5.74, 6) is 1.38. The Hall–Kier alpha value is -3.45. The van der Waals surface area contributed by atoms with Crippen LogP contribution in [0, 0.1) is 0 Å². The van der Waals surface area contributed by atoms with Crippen LogP contribution in [0.15, 0.2) is 67.4 Å². The summed E-state index contributed by atoms with van der Waals surface area (Å²) in [5.41, 5.74) is 2.96. The molecule has 0 fully saturated rings. The van der Waals surface area contributed by atoms with Gasteiger partial charge in [0.2, 0.25) is 11.0 Å². The Labute approximate surface area is 171 Å². The van der Waals surface area contributed by atoms with Crippen molar-refractivity contribution in [1.82, 2.24) is 14.8 Å². The summed E-state index contributed by atoms with van der Waals surface area (Å²) >= 11 is 1.55. The molecular weight excluding hydrogens is 384 g/mol. The summed E-state index contributed by atoms with van der Waals surface area (Å²) in [6, 6.07) is 15.8. The Kier molecular flexibility index (Phi) is 4.37. The van der Waals surface area contributed by atoms with E-state index >= 15 is 0 Å². The molecule has 29 heavy (non-hydrogen) atoms. The molecule has 4 aromatic rings. The molecule has 3 heterocycles. The van der Waals surface area contributed by atoms with Crippen molar-refractivity contribution in [2.75, 3.05) is 11.9 Å². The molecule has 0 unspecified atom stereocenters. The average Bonchev–Trinajstić information content (AvgIpc) is 3.35. The average molecular weight is 402 g/mol. The van der Waals surface area contributed by atoms with Crippen molar-refractivity contribution in [3.63, 3.8) is 0 Å². The molecular formula is C22H18N4O2S. The van der Waals surface area contributed by atoms with Crippen molar-refractivity contribution in [3.05, 3.63) is 78.5 Å². The summed E-state index contributed by atoms with van der Waals surface area (Å²) < 4.78 is 8.37. The number of amides is 1. The molecule has 1 atom stereocenters. The predicted octanol–water partition coefficient (Wildman–Crippen LogP) is 4.52. The summed E-state index contributed by atoms with van der Waals surface area (Å²) in [7, 11) is 0. The van der Waals surface area contributed by atoms with Gasteiger partial charge in [-0.05, 0) is 29.8 Å². The van der Waals surface area contributed by atoms with E-state index in [1.54, 1.807) is 22.1 Å². The van der Waals surface area contributed by atoms with Crippen LogP contribution in [-0.4, -0.2) is 27.3 Å². The number of anilines is 1. The summed E-state index contributed by atoms with van der Waals surface area (Å²) in [4.78, 5) is 17.1. The molecule has 0 saturated heterocycles. The Bertz CT molecular complexity index is 1180. The molecule has 1 N–H and O–H groups in total. The van der Waals surface area contributed by atoms with Gasteiger partial charge in [0.1, 0.15) is 18.2 Å². The number of hydrogen-bond donors (Lipinski definition) is 1. The molecule has 2 aromatic carbocycles. The largest absolute Gasteiger partial charge is 0.490 e. The highest BCUT2D eigenvalue weighted by Crippen LogP contribution is 2.39. The molecule has 144 valence electrons. The molecule has 7 heteroatoms. The highest BCUT2D eigenvalue weighted by Gasteiger charge is 2.31. The van der Waals surface area contributed by atoms with E-state index in [0.717, 1.165) is 32.2 Å². The SMILES string of the molecule is C=CCOc1ccc([C@H]2CC(=O)Nc3c2cnn3-c2nc3ccccc3s2)cc1. The normalized spacial score (nSPS) is 15.7. The van der Waals surface area contributed by atoms with Crippen molar-refractivity contribution >= 4 is 33.3 Å². The first kappa shape index (κ1) is 17.6. The third kappa shape index (κ3) is 3.19. The summed E-state index contributed by atoms with van der Waals surface area (Å²) in [5, 5.41) is 8.27. The van der Waals surface area contributed by atoms with Crippen molar-refractivity contribution in [1.29, 1.82) is 0 Å². The number of rotatable bonds is 5. The fourth-order valence-corrected chi connectivity index (χ4v) is 4.49. The highest BCUT2D eigenvalue weighted by molar-refractivity contribution is 7.20. The molecule has 1 amide bonds. The number of nitrogens with zero attached hydrogens (tertiary/aromatic N) is 3. The van der Waals surface area contributed by atoms with E-state index in [-0.39, 0.29) is 11.8 Å². The van der Waals surface area contributed by atoms with E-state index in [1.807, 2.05) is 54.7 Å². The standard InChI is InChI=1S/C22H18N4O2S/c1-2-11-28-15-9-7-14(8-10-15)16-12-20(27)25-21-17(16)13-23-26(21)22-24-18-5-3-4-6-19(18)29-22/h2-10,13,16H,1,11-12H2,(H,25,27)/t16-/m1/s1. The number of hydrogen-bond acceptors (Lipinski definition) is 5. The number of nitrogens with one attached hydrogen (secondary N) is 1. The second-order valence-corrected chi connectivity index (χ2v) is 7.81. The molecule has 0 aliphatic carbocycles. The lowest BCUT2D eigenvalue weighted by Crippen LogP contribution is -2.24. The number of aromatic nitrogens is 3. The molecule has 5 rings (SSSR count). The van der Waals surface area contributed by atoms with Gasteiger partial charge in [-0.3, -0.25) is 4.79 Å². The van der Waals surface area contributed by atoms with Gasteiger partial charge in [0.15, 0.2) is 0 Å². The Balaban J connectivity index is 1.52. The van der Waals surface area contributed by atoms with E-state index in [0.29, 0.717) is 18.8 Å². The van der Waals surface area contributed by atoms with Crippen molar-refractivity contribution < 1.29 is 9.53 Å². The Morgan fingerprint density at radius 1 is 1.24 bits per heavy atom. The van der Waals surface area contributed by atoms with Gasteiger partial charge >= 0.3 is 0 Å². The maximum atomic E-state index is 12.5. The molecule has 0 spiro atoms. The van der Waals surface area contributed by atoms with Crippen LogP contribution < -0.4 is 10.1 Å². The van der Waals surface area contributed by atoms with Crippen LogP contribution in [0.3, 0.4) is 0 Å². The lowest BCUT2D eigenvalue weighted by atomic mass is 9.87. The van der Waals surface area contributed by atoms with Gasteiger partial charge in [0, 0.05) is 17.9 Å². The molecule has 0 saturated carbocycles. The van der Waals surface area contributed by atoms with Crippen LogP contribution >= 0.6 is 11.3 Å². The van der Waals surface area contributed by atoms with Gasteiger partial charge in [-0.2, -0.15) is 9.78 Å². The quantitative estimate of drug-likeness (QED) is 0.498. The Morgan fingerprint density at radius 3 is 2.86 bits per heavy atom. The fourth-order valence-electron chi connectivity index (χ4n) is 3.56. The zero-order chi connectivity index (χ0) is 19.8. The zero-order valence-corrected chi connectivity index (χ0v) is 16.4. The topological polar surface area (TPSA) is 69.0 Å². The first-order valence-electron chi connectivity index (χ1n) is 9.30. The molecule has 0 radical (unpaired) electrons. The predicted molar refractivity (Wildman–Crippen MR) is 114 cm³/mol. The van der Waals surface area contributed by atoms with Gasteiger partial charge in [0.25, 0.3) is 0 Å². The van der Waals surface area contributed by atoms with Crippen LogP contribution in [0.5, 0.6) is 5.75 Å². The number of carbonyl (C=O) groups is 1. The lowest BCUT2D eigenvalue weighted by Gasteiger charge is -2.23. The van der Waals surface area contributed by atoms with Crippen molar-refractivity contribution in [3.8, 4) is 10.9 Å². The number of para-hydroxylation sites is 1. The first-order valence-corrected chi connectivity index (χ1v) is 10.1. The lowest BCUT2D eigenvalue weighted by molar-refractivity contribution is -0.116. The second kappa shape index (κ2) is 7.18. The van der Waals surface area contributed by atoms with Gasteiger partial charge in [0.05, 0.1) is 16.4 Å². The second-order valence-electron chi connectivity index (χ2n) is 6.80. The first-order chi connectivity index (χ1) is 14.2. The van der Waals surface area contributed by atoms with E-state index in [2.05, 4.69) is 22.0 Å². The maximum absolute atomic E-state index is 12.5. The number of ether oxygens (including phenoxy) is 1. The number of thiazole rings is 1. The molecule has 6 nitrogen and oxygen atoms in total. The van der Waals surface area contributed by atoms with E-state index < -0.39 is 0 Å². The smallest absolute Gasteiger partial charge is 0.226 e. The highest BCUT2D eigenvalue weighted by atomic mass is 32.1. The minimum Gasteiger partial charge on any atom is -0.490 e. The van der Waals surface area contributed by atoms with Crippen molar-refractivity contribution in [2.24, 2.45) is 0 Å². The van der Waals surface area contributed by atoms with Crippen LogP contribution in [-0.2, 0) is 4.79 Å². The third-order valence-corrected chi connectivity index (χ3v) is 5.95. The van der Waals surface area contributed by atoms with Gasteiger partial charge in [-0.25, -0.2) is 4.98 Å². The van der Waals surface area contributed by atoms with Crippen LogP contribution in [0.1, 0.15) is 23.5 Å². The maximum Gasteiger partial charge on any atom is 0.226 e. The minimum atomic E-state index is -0.0599. The number of fused-ring (bicyclic) bond motifs is 2. The van der Waals surface area contributed by atoms with Gasteiger partial charge < -0.3 is 10.1 Å². The van der Waals surface area contributed by atoms with Crippen LogP contribution in [0.4, 0.5) is 5.82 Å². The molecule has 1 aliphatic heterocycles. The molecule has 1 aliphatic rings. The Morgan fingerprint density at radius 2 is 2.07 bits per heavy atom. The molecule has 2 aromatic heterocycles. The van der Waals surface area contributed by atoms with Crippen LogP contribution in [0.25, 0.3) is 15.3 Å². The van der Waals surface area contributed by atoms with E-state index in [9.17, 15) is 4.79 Å². The zero-order valence-electron chi connectivity index (χ0n) is 15.5. The van der Waals surface area contributed by atoms with E-state index in [4.69, 9.17) is 4.74 Å². The third-order valence-electron chi connectivity index (χ3n) is 4.93. The number of carbonyl (C=O) groups excluding carboxylic acids is 1. The molecule has 0 bridgehead atoms. The van der Waals surface area contributed by atoms with Gasteiger partial charge in [-0.15, -0.1) is 0 Å². The van der Waals surface area contributed by atoms with Crippen LogP contribution in [0.2, 0.25) is 0 Å². The monoisotopic (exact) mass is 402 g/mol. The van der Waals surface area contributed by atoms with Crippen molar-refractivity contribution in [2.45, 2.75) is 12.3 Å². The summed E-state index contributed by atoms with van der Waals surface area (Å²) in [6.07, 6.45) is 3.92.